The standard InChI is InChI=1S/C14H19N3O/c1-2-12(8-10-16)17-14(18)13-6-4-3-5-11(13)7-9-15/h3-6,12H,2,7-9,15H2,1H3,(H,17,18). The van der Waals surface area contributed by atoms with Crippen LogP contribution in [-0.2, 0) is 6.42 Å². The molecule has 1 amide bonds. The summed E-state index contributed by atoms with van der Waals surface area (Å²) in [6, 6.07) is 9.42. The van der Waals surface area contributed by atoms with E-state index in [0.717, 1.165) is 12.0 Å². The Hall–Kier alpha value is -1.86. The fourth-order valence-corrected chi connectivity index (χ4v) is 1.79. The maximum Gasteiger partial charge on any atom is 0.251 e. The van der Waals surface area contributed by atoms with E-state index in [2.05, 4.69) is 11.4 Å². The molecule has 96 valence electrons. The first-order valence-electron chi connectivity index (χ1n) is 6.18. The minimum absolute atomic E-state index is 0.0894. The molecule has 0 spiro atoms. The van der Waals surface area contributed by atoms with E-state index in [0.29, 0.717) is 24.9 Å². The van der Waals surface area contributed by atoms with Gasteiger partial charge in [0.15, 0.2) is 0 Å². The van der Waals surface area contributed by atoms with Crippen molar-refractivity contribution < 1.29 is 4.79 Å². The van der Waals surface area contributed by atoms with Crippen LogP contribution < -0.4 is 11.1 Å². The number of amides is 1. The minimum atomic E-state index is -0.124. The van der Waals surface area contributed by atoms with Gasteiger partial charge in [0, 0.05) is 11.6 Å². The first kappa shape index (κ1) is 14.2. The Morgan fingerprint density at radius 1 is 1.50 bits per heavy atom. The quantitative estimate of drug-likeness (QED) is 0.799. The van der Waals surface area contributed by atoms with Crippen LogP contribution in [0.3, 0.4) is 0 Å². The highest BCUT2D eigenvalue weighted by molar-refractivity contribution is 5.95. The van der Waals surface area contributed by atoms with Crippen LogP contribution in [0.5, 0.6) is 0 Å². The largest absolute Gasteiger partial charge is 0.348 e. The molecule has 0 aliphatic rings. The number of hydrogen-bond acceptors (Lipinski definition) is 3. The number of rotatable bonds is 6. The van der Waals surface area contributed by atoms with Gasteiger partial charge in [0.05, 0.1) is 12.5 Å². The zero-order valence-corrected chi connectivity index (χ0v) is 10.6. The molecule has 0 saturated heterocycles. The minimum Gasteiger partial charge on any atom is -0.348 e. The first-order chi connectivity index (χ1) is 8.72. The molecule has 0 saturated carbocycles. The maximum atomic E-state index is 12.1. The van der Waals surface area contributed by atoms with Gasteiger partial charge in [0.1, 0.15) is 0 Å². The van der Waals surface area contributed by atoms with Gasteiger partial charge in [-0.2, -0.15) is 5.26 Å². The summed E-state index contributed by atoms with van der Waals surface area (Å²) in [5.41, 5.74) is 7.13. The molecule has 3 N–H and O–H groups in total. The second kappa shape index (κ2) is 7.46. The van der Waals surface area contributed by atoms with E-state index in [1.807, 2.05) is 25.1 Å². The lowest BCUT2D eigenvalue weighted by molar-refractivity contribution is 0.0935. The molecule has 1 unspecified atom stereocenters. The van der Waals surface area contributed by atoms with E-state index < -0.39 is 0 Å². The van der Waals surface area contributed by atoms with Gasteiger partial charge in [-0.3, -0.25) is 4.79 Å². The van der Waals surface area contributed by atoms with E-state index >= 15 is 0 Å². The normalized spacial score (nSPS) is 11.6. The third-order valence-corrected chi connectivity index (χ3v) is 2.84. The highest BCUT2D eigenvalue weighted by atomic mass is 16.1. The van der Waals surface area contributed by atoms with Crippen molar-refractivity contribution in [2.24, 2.45) is 5.73 Å². The van der Waals surface area contributed by atoms with E-state index in [1.165, 1.54) is 0 Å². The van der Waals surface area contributed by atoms with Gasteiger partial charge in [-0.25, -0.2) is 0 Å². The zero-order valence-electron chi connectivity index (χ0n) is 10.6. The molecule has 0 aliphatic carbocycles. The molecule has 0 bridgehead atoms. The molecule has 1 aromatic rings. The number of hydrogen-bond donors (Lipinski definition) is 2. The predicted molar refractivity (Wildman–Crippen MR) is 71.0 cm³/mol. The van der Waals surface area contributed by atoms with Crippen LogP contribution in [0, 0.1) is 11.3 Å². The smallest absolute Gasteiger partial charge is 0.251 e. The maximum absolute atomic E-state index is 12.1. The summed E-state index contributed by atoms with van der Waals surface area (Å²) in [6.07, 6.45) is 1.76. The van der Waals surface area contributed by atoms with Crippen molar-refractivity contribution >= 4 is 5.91 Å². The van der Waals surface area contributed by atoms with Crippen molar-refractivity contribution in [2.75, 3.05) is 6.54 Å². The molecule has 18 heavy (non-hydrogen) atoms. The van der Waals surface area contributed by atoms with Gasteiger partial charge in [-0.1, -0.05) is 25.1 Å². The Morgan fingerprint density at radius 2 is 2.22 bits per heavy atom. The summed E-state index contributed by atoms with van der Waals surface area (Å²) in [6.45, 7) is 2.47. The number of benzene rings is 1. The van der Waals surface area contributed by atoms with Crippen LogP contribution in [0.1, 0.15) is 35.7 Å². The van der Waals surface area contributed by atoms with Crippen LogP contribution in [0.25, 0.3) is 0 Å². The summed E-state index contributed by atoms with van der Waals surface area (Å²) in [5, 5.41) is 11.6. The fraction of sp³-hybridized carbons (Fsp3) is 0.429. The molecule has 1 atom stereocenters. The van der Waals surface area contributed by atoms with Gasteiger partial charge < -0.3 is 11.1 Å². The van der Waals surface area contributed by atoms with E-state index in [9.17, 15) is 4.79 Å². The number of nitrogens with one attached hydrogen (secondary N) is 1. The molecular weight excluding hydrogens is 226 g/mol. The summed E-state index contributed by atoms with van der Waals surface area (Å²) in [4.78, 5) is 12.1. The van der Waals surface area contributed by atoms with Crippen LogP contribution in [0.2, 0.25) is 0 Å². The number of nitrogens with zero attached hydrogens (tertiary/aromatic N) is 1. The molecule has 0 radical (unpaired) electrons. The Labute approximate surface area is 108 Å². The van der Waals surface area contributed by atoms with Gasteiger partial charge >= 0.3 is 0 Å². The van der Waals surface area contributed by atoms with Crippen molar-refractivity contribution in [2.45, 2.75) is 32.2 Å². The molecule has 0 aliphatic heterocycles. The summed E-state index contributed by atoms with van der Waals surface area (Å²) >= 11 is 0. The highest BCUT2D eigenvalue weighted by Crippen LogP contribution is 2.10. The summed E-state index contributed by atoms with van der Waals surface area (Å²) in [7, 11) is 0. The summed E-state index contributed by atoms with van der Waals surface area (Å²) in [5.74, 6) is -0.124. The van der Waals surface area contributed by atoms with Crippen LogP contribution in [0.15, 0.2) is 24.3 Å². The second-order valence-electron chi connectivity index (χ2n) is 4.14. The monoisotopic (exact) mass is 245 g/mol. The lowest BCUT2D eigenvalue weighted by Gasteiger charge is -2.15. The Kier molecular flexibility index (Phi) is 5.89. The number of nitrogens with two attached hydrogens (primary N) is 1. The van der Waals surface area contributed by atoms with Gasteiger partial charge in [0.2, 0.25) is 0 Å². The number of nitriles is 1. The van der Waals surface area contributed by atoms with E-state index in [-0.39, 0.29) is 11.9 Å². The van der Waals surface area contributed by atoms with Crippen molar-refractivity contribution in [3.05, 3.63) is 35.4 Å². The molecular formula is C14H19N3O. The Morgan fingerprint density at radius 3 is 2.83 bits per heavy atom. The van der Waals surface area contributed by atoms with Crippen molar-refractivity contribution in [3.63, 3.8) is 0 Å². The predicted octanol–water partition coefficient (Wildman–Crippen LogP) is 1.61. The number of carbonyl (C=O) groups is 1. The van der Waals surface area contributed by atoms with E-state index in [1.54, 1.807) is 6.07 Å². The second-order valence-corrected chi connectivity index (χ2v) is 4.14. The number of carbonyl (C=O) groups excluding carboxylic acids is 1. The average Bonchev–Trinajstić information content (AvgIpc) is 2.39. The summed E-state index contributed by atoms with van der Waals surface area (Å²) < 4.78 is 0. The Bertz CT molecular complexity index is 437. The van der Waals surface area contributed by atoms with Crippen molar-refractivity contribution in [3.8, 4) is 6.07 Å². The lowest BCUT2D eigenvalue weighted by atomic mass is 10.0. The third kappa shape index (κ3) is 3.86. The van der Waals surface area contributed by atoms with Gasteiger partial charge in [-0.05, 0) is 31.0 Å². The SMILES string of the molecule is CCC(CC#N)NC(=O)c1ccccc1CCN. The molecule has 1 aromatic carbocycles. The highest BCUT2D eigenvalue weighted by Gasteiger charge is 2.14. The van der Waals surface area contributed by atoms with Crippen LogP contribution >= 0.6 is 0 Å². The molecule has 4 heteroatoms. The fourth-order valence-electron chi connectivity index (χ4n) is 1.79. The molecule has 0 heterocycles. The van der Waals surface area contributed by atoms with Gasteiger partial charge in [-0.15, -0.1) is 0 Å². The molecule has 4 nitrogen and oxygen atoms in total. The van der Waals surface area contributed by atoms with Gasteiger partial charge in [0.25, 0.3) is 5.91 Å². The topological polar surface area (TPSA) is 78.9 Å². The third-order valence-electron chi connectivity index (χ3n) is 2.84. The molecule has 0 fully saturated rings. The molecule has 1 rings (SSSR count). The molecule has 0 aromatic heterocycles. The lowest BCUT2D eigenvalue weighted by Crippen LogP contribution is -2.34. The van der Waals surface area contributed by atoms with E-state index in [4.69, 9.17) is 11.0 Å². The van der Waals surface area contributed by atoms with Crippen LogP contribution in [0.4, 0.5) is 0 Å². The van der Waals surface area contributed by atoms with Crippen LogP contribution in [-0.4, -0.2) is 18.5 Å². The average molecular weight is 245 g/mol. The Balaban J connectivity index is 2.80. The zero-order chi connectivity index (χ0) is 13.4. The first-order valence-corrected chi connectivity index (χ1v) is 6.18. The van der Waals surface area contributed by atoms with Crippen molar-refractivity contribution in [1.29, 1.82) is 5.26 Å². The van der Waals surface area contributed by atoms with Crippen molar-refractivity contribution in [1.82, 2.24) is 5.32 Å².